The van der Waals surface area contributed by atoms with Crippen LogP contribution in [0.2, 0.25) is 10.0 Å². The molecule has 4 rings (SSSR count). The maximum absolute atomic E-state index is 6.47. The van der Waals surface area contributed by atoms with Gasteiger partial charge >= 0.3 is 0 Å². The molecule has 180 valence electrons. The minimum atomic E-state index is -0.441. The lowest BCUT2D eigenvalue weighted by Crippen LogP contribution is -2.43. The van der Waals surface area contributed by atoms with Crippen LogP contribution in [0.4, 0.5) is 0 Å². The van der Waals surface area contributed by atoms with E-state index in [1.165, 1.54) is 36.8 Å². The molecule has 1 aliphatic heterocycles. The van der Waals surface area contributed by atoms with Crippen molar-refractivity contribution in [3.8, 4) is 0 Å². The first-order valence-electron chi connectivity index (χ1n) is 11.9. The molecule has 2 unspecified atom stereocenters. The second-order valence-corrected chi connectivity index (χ2v) is 12.0. The number of nitrogens with one attached hydrogen (secondary N) is 1. The second-order valence-electron chi connectivity index (χ2n) is 9.17. The molecule has 1 aromatic heterocycles. The predicted molar refractivity (Wildman–Crippen MR) is 152 cm³/mol. The maximum Gasteiger partial charge on any atom is 0.0909 e. The fourth-order valence-corrected chi connectivity index (χ4v) is 7.43. The number of thioether (sulfide) groups is 1. The minimum Gasteiger partial charge on any atom is -0.302 e. The molecule has 1 N–H and O–H groups in total. The first-order chi connectivity index (χ1) is 16.5. The summed E-state index contributed by atoms with van der Waals surface area (Å²) >= 11 is 16.2. The largest absolute Gasteiger partial charge is 0.302 e. The highest BCUT2D eigenvalue weighted by Gasteiger charge is 2.40. The summed E-state index contributed by atoms with van der Waals surface area (Å²) in [5.41, 5.74) is 2.89. The molecule has 34 heavy (non-hydrogen) atoms. The van der Waals surface area contributed by atoms with Gasteiger partial charge in [0, 0.05) is 15.2 Å². The fourth-order valence-electron chi connectivity index (χ4n) is 5.05. The Morgan fingerprint density at radius 2 is 2.06 bits per heavy atom. The quantitative estimate of drug-likeness (QED) is 0.209. The van der Waals surface area contributed by atoms with E-state index in [9.17, 15) is 0 Å². The van der Waals surface area contributed by atoms with E-state index in [1.807, 2.05) is 18.2 Å². The van der Waals surface area contributed by atoms with Crippen LogP contribution in [0.15, 0.2) is 81.0 Å². The molecule has 0 radical (unpaired) electrons. The molecule has 2 atom stereocenters. The first-order valence-corrected chi connectivity index (χ1v) is 14.5. The van der Waals surface area contributed by atoms with Crippen LogP contribution in [-0.4, -0.2) is 18.5 Å². The van der Waals surface area contributed by atoms with Gasteiger partial charge in [-0.2, -0.15) is 11.3 Å². The summed E-state index contributed by atoms with van der Waals surface area (Å²) < 4.78 is 0. The molecule has 0 spiro atoms. The number of thiophene rings is 1. The van der Waals surface area contributed by atoms with Crippen molar-refractivity contribution < 1.29 is 0 Å². The Bertz CT molecular complexity index is 1050. The lowest BCUT2D eigenvalue weighted by molar-refractivity contribution is 0.404. The highest BCUT2D eigenvalue weighted by molar-refractivity contribution is 8.00. The minimum absolute atomic E-state index is 0.230. The number of allylic oxidation sites excluding steroid dienone is 3. The molecule has 2 fully saturated rings. The van der Waals surface area contributed by atoms with E-state index in [0.717, 1.165) is 47.3 Å². The van der Waals surface area contributed by atoms with Crippen molar-refractivity contribution in [3.63, 3.8) is 0 Å². The third-order valence-electron chi connectivity index (χ3n) is 6.90. The van der Waals surface area contributed by atoms with Crippen LogP contribution in [0.25, 0.3) is 0 Å². The van der Waals surface area contributed by atoms with Crippen molar-refractivity contribution in [2.24, 2.45) is 10.9 Å². The molecule has 2 nitrogen and oxygen atoms in total. The van der Waals surface area contributed by atoms with Gasteiger partial charge in [0.15, 0.2) is 0 Å². The normalized spacial score (nSPS) is 24.6. The summed E-state index contributed by atoms with van der Waals surface area (Å²) in [7, 11) is 0. The number of aliphatic imine (C=N–C) groups is 1. The number of hydrogen-bond acceptors (Lipinski definition) is 4. The van der Waals surface area contributed by atoms with Crippen LogP contribution < -0.4 is 5.32 Å². The zero-order valence-corrected chi connectivity index (χ0v) is 22.6. The molecule has 1 aliphatic carbocycles. The summed E-state index contributed by atoms with van der Waals surface area (Å²) in [6.45, 7) is 9.33. The zero-order chi connectivity index (χ0) is 24.0. The molecule has 6 heteroatoms. The third kappa shape index (κ3) is 6.09. The Morgan fingerprint density at radius 3 is 2.79 bits per heavy atom. The second kappa shape index (κ2) is 12.1. The van der Waals surface area contributed by atoms with Crippen LogP contribution in [0.1, 0.15) is 50.5 Å². The van der Waals surface area contributed by atoms with Crippen molar-refractivity contribution >= 4 is 53.0 Å². The Balaban J connectivity index is 1.58. The van der Waals surface area contributed by atoms with Gasteiger partial charge in [-0.15, -0.1) is 11.8 Å². The van der Waals surface area contributed by atoms with Gasteiger partial charge in [0.05, 0.1) is 16.3 Å². The lowest BCUT2D eigenvalue weighted by atomic mass is 9.82. The topological polar surface area (TPSA) is 24.4 Å². The van der Waals surface area contributed by atoms with E-state index in [2.05, 4.69) is 58.7 Å². The van der Waals surface area contributed by atoms with Gasteiger partial charge in [0.25, 0.3) is 0 Å². The Hall–Kier alpha value is -1.30. The van der Waals surface area contributed by atoms with Crippen molar-refractivity contribution in [1.82, 2.24) is 5.32 Å². The van der Waals surface area contributed by atoms with Crippen molar-refractivity contribution in [1.29, 1.82) is 0 Å². The third-order valence-corrected chi connectivity index (χ3v) is 9.70. The maximum atomic E-state index is 6.47. The summed E-state index contributed by atoms with van der Waals surface area (Å²) in [4.78, 5) is 5.53. The average Bonchev–Trinajstić information content (AvgIpc) is 3.52. The van der Waals surface area contributed by atoms with E-state index < -0.39 is 5.54 Å². The van der Waals surface area contributed by atoms with Gasteiger partial charge in [0.1, 0.15) is 0 Å². The van der Waals surface area contributed by atoms with Gasteiger partial charge < -0.3 is 5.32 Å². The smallest absolute Gasteiger partial charge is 0.0909 e. The van der Waals surface area contributed by atoms with E-state index in [0.29, 0.717) is 5.02 Å². The SMILES string of the molecule is C=N/C(=C\C=C/CC1CCCC1)C1(c2ccsc2)CC(=C)C(Sc2cc(Cl)ccc2Cl)CCN1. The average molecular weight is 532 g/mol. The van der Waals surface area contributed by atoms with Gasteiger partial charge in [0.2, 0.25) is 0 Å². The van der Waals surface area contributed by atoms with E-state index >= 15 is 0 Å². The van der Waals surface area contributed by atoms with Crippen molar-refractivity contribution in [2.75, 3.05) is 6.54 Å². The molecule has 2 aromatic rings. The standard InChI is InChI=1S/C28H32Cl2N2S2/c1-20-18-28(22-14-16-33-19-22,27(31-2)10-6-5-9-21-7-3-4-8-21)32-15-13-25(20)34-26-17-23(29)11-12-24(26)30/h5-6,10-12,14,16-17,19,21,25,32H,1-4,7-9,13,15,18H2/b6-5-,27-10-. The number of hydrogen-bond donors (Lipinski definition) is 1. The van der Waals surface area contributed by atoms with Gasteiger partial charge in [-0.1, -0.05) is 73.2 Å². The molecule has 0 bridgehead atoms. The van der Waals surface area contributed by atoms with E-state index in [4.69, 9.17) is 23.2 Å². The molecular formula is C28H32Cl2N2S2. The van der Waals surface area contributed by atoms with Gasteiger partial charge in [-0.05, 0) is 85.1 Å². The van der Waals surface area contributed by atoms with E-state index in [-0.39, 0.29) is 5.25 Å². The Kier molecular flexibility index (Phi) is 9.17. The molecule has 0 amide bonds. The van der Waals surface area contributed by atoms with Crippen molar-refractivity contribution in [2.45, 2.75) is 60.6 Å². The monoisotopic (exact) mass is 530 g/mol. The predicted octanol–water partition coefficient (Wildman–Crippen LogP) is 9.07. The number of rotatable bonds is 8. The molecular weight excluding hydrogens is 499 g/mol. The number of benzene rings is 1. The Morgan fingerprint density at radius 1 is 1.24 bits per heavy atom. The van der Waals surface area contributed by atoms with Gasteiger partial charge in [-0.25, -0.2) is 0 Å². The fraction of sp³-hybridized carbons (Fsp3) is 0.393. The van der Waals surface area contributed by atoms with Crippen LogP contribution in [0.5, 0.6) is 0 Å². The molecule has 1 aromatic carbocycles. The lowest BCUT2D eigenvalue weighted by Gasteiger charge is -2.34. The number of nitrogens with zero attached hydrogens (tertiary/aromatic N) is 1. The molecule has 2 aliphatic rings. The van der Waals surface area contributed by atoms with Crippen LogP contribution in [0.3, 0.4) is 0 Å². The Labute approximate surface area is 222 Å². The summed E-state index contributed by atoms with van der Waals surface area (Å²) in [6, 6.07) is 7.82. The summed E-state index contributed by atoms with van der Waals surface area (Å²) in [6.07, 6.45) is 14.9. The van der Waals surface area contributed by atoms with E-state index in [1.54, 1.807) is 23.1 Å². The highest BCUT2D eigenvalue weighted by Crippen LogP contribution is 2.44. The number of halogens is 2. The van der Waals surface area contributed by atoms with Crippen molar-refractivity contribution in [3.05, 3.63) is 86.7 Å². The summed E-state index contributed by atoms with van der Waals surface area (Å²) in [5, 5.41) is 9.83. The van der Waals surface area contributed by atoms with Crippen LogP contribution in [-0.2, 0) is 5.54 Å². The molecule has 1 saturated carbocycles. The van der Waals surface area contributed by atoms with Gasteiger partial charge in [-0.3, -0.25) is 4.99 Å². The zero-order valence-electron chi connectivity index (χ0n) is 19.4. The first kappa shape index (κ1) is 25.8. The summed E-state index contributed by atoms with van der Waals surface area (Å²) in [5.74, 6) is 0.836. The molecule has 1 saturated heterocycles. The van der Waals surface area contributed by atoms with Crippen LogP contribution in [0, 0.1) is 5.92 Å². The molecule has 2 heterocycles. The highest BCUT2D eigenvalue weighted by atomic mass is 35.5. The van der Waals surface area contributed by atoms with Crippen LogP contribution >= 0.6 is 46.3 Å².